The molecule has 0 unspecified atom stereocenters. The van der Waals surface area contributed by atoms with Crippen molar-refractivity contribution < 1.29 is 4.84 Å². The molecule has 0 aliphatic carbocycles. The van der Waals surface area contributed by atoms with E-state index in [9.17, 15) is 0 Å². The van der Waals surface area contributed by atoms with Gasteiger partial charge in [0.05, 0.1) is 12.9 Å². The number of hydrogen-bond acceptors (Lipinski definition) is 4. The van der Waals surface area contributed by atoms with Gasteiger partial charge >= 0.3 is 0 Å². The van der Waals surface area contributed by atoms with E-state index in [0.29, 0.717) is 18.1 Å². The second-order valence-corrected chi connectivity index (χ2v) is 3.75. The molecule has 4 N–H and O–H groups in total. The van der Waals surface area contributed by atoms with Crippen LogP contribution in [0.4, 0.5) is 5.82 Å². The fourth-order valence-electron chi connectivity index (χ4n) is 1.64. The quantitative estimate of drug-likeness (QED) is 0.473. The highest BCUT2D eigenvalue weighted by atomic mass is 16.6. The van der Waals surface area contributed by atoms with Crippen LogP contribution in [-0.2, 0) is 11.4 Å². The van der Waals surface area contributed by atoms with Crippen molar-refractivity contribution in [2.24, 2.45) is 10.9 Å². The maximum absolute atomic E-state index is 5.97. The van der Waals surface area contributed by atoms with E-state index < -0.39 is 0 Å². The summed E-state index contributed by atoms with van der Waals surface area (Å²) in [6.45, 7) is 0.639. The lowest BCUT2D eigenvalue weighted by atomic mass is 10.2. The van der Waals surface area contributed by atoms with Crippen LogP contribution >= 0.6 is 0 Å². The summed E-state index contributed by atoms with van der Waals surface area (Å²) in [7, 11) is 1.42. The number of rotatable bonds is 4. The molecule has 94 valence electrons. The number of aromatic nitrogens is 2. The molecule has 0 atom stereocenters. The van der Waals surface area contributed by atoms with Crippen LogP contribution in [0.3, 0.4) is 0 Å². The fraction of sp³-hybridized carbons (Fsp3) is 0.167. The molecule has 0 aliphatic rings. The zero-order chi connectivity index (χ0) is 13.0. The predicted octanol–water partition coefficient (Wildman–Crippen LogP) is 0.780. The summed E-state index contributed by atoms with van der Waals surface area (Å²) in [4.78, 5) is 8.73. The zero-order valence-corrected chi connectivity index (χ0v) is 10.1. The second kappa shape index (κ2) is 5.22. The summed E-state index contributed by atoms with van der Waals surface area (Å²) >= 11 is 0. The standard InChI is InChI=1S/C12H15N5O/c1-18-16-11(13)10-12(14)17(8-15-10)7-9-5-3-2-4-6-9/h2-6,8H,7,14H2,1H3,(H2,13,16). The minimum atomic E-state index is 0.168. The minimum Gasteiger partial charge on any atom is -0.397 e. The maximum Gasteiger partial charge on any atom is 0.192 e. The number of oxime groups is 1. The largest absolute Gasteiger partial charge is 0.397 e. The Balaban J connectivity index is 2.24. The van der Waals surface area contributed by atoms with Gasteiger partial charge in [0.1, 0.15) is 12.9 Å². The summed E-state index contributed by atoms with van der Waals surface area (Å²) in [6, 6.07) is 9.96. The Bertz CT molecular complexity index is 547. The molecule has 1 aromatic heterocycles. The van der Waals surface area contributed by atoms with Crippen molar-refractivity contribution in [3.63, 3.8) is 0 Å². The number of amidine groups is 1. The van der Waals surface area contributed by atoms with Crippen LogP contribution in [0.25, 0.3) is 0 Å². The molecule has 18 heavy (non-hydrogen) atoms. The molecule has 0 spiro atoms. The van der Waals surface area contributed by atoms with Gasteiger partial charge in [0.2, 0.25) is 0 Å². The van der Waals surface area contributed by atoms with E-state index in [1.165, 1.54) is 7.11 Å². The van der Waals surface area contributed by atoms with E-state index in [-0.39, 0.29) is 5.84 Å². The van der Waals surface area contributed by atoms with Crippen LogP contribution in [-0.4, -0.2) is 22.5 Å². The van der Waals surface area contributed by atoms with Gasteiger partial charge in [-0.3, -0.25) is 0 Å². The van der Waals surface area contributed by atoms with Crippen LogP contribution in [0.1, 0.15) is 11.3 Å². The molecule has 1 aromatic carbocycles. The molecule has 0 aliphatic heterocycles. The molecule has 6 heteroatoms. The number of nitrogen functional groups attached to an aromatic ring is 1. The van der Waals surface area contributed by atoms with Gasteiger partial charge in [-0.25, -0.2) is 4.98 Å². The summed E-state index contributed by atoms with van der Waals surface area (Å²) in [5.74, 6) is 0.638. The van der Waals surface area contributed by atoms with E-state index in [2.05, 4.69) is 15.0 Å². The lowest BCUT2D eigenvalue weighted by Gasteiger charge is -2.05. The predicted molar refractivity (Wildman–Crippen MR) is 69.9 cm³/mol. The molecule has 0 saturated heterocycles. The summed E-state index contributed by atoms with van der Waals surface area (Å²) in [6.07, 6.45) is 1.63. The van der Waals surface area contributed by atoms with Crippen molar-refractivity contribution in [1.29, 1.82) is 0 Å². The van der Waals surface area contributed by atoms with Crippen molar-refractivity contribution in [2.45, 2.75) is 6.54 Å². The molecule has 1 heterocycles. The average Bonchev–Trinajstić information content (AvgIpc) is 2.73. The van der Waals surface area contributed by atoms with Gasteiger partial charge in [-0.1, -0.05) is 35.5 Å². The number of anilines is 1. The lowest BCUT2D eigenvalue weighted by molar-refractivity contribution is 0.213. The topological polar surface area (TPSA) is 91.5 Å². The van der Waals surface area contributed by atoms with Gasteiger partial charge in [-0.05, 0) is 5.56 Å². The Hall–Kier alpha value is -2.50. The smallest absolute Gasteiger partial charge is 0.192 e. The molecule has 0 amide bonds. The lowest BCUT2D eigenvalue weighted by Crippen LogP contribution is -2.17. The van der Waals surface area contributed by atoms with Crippen LogP contribution < -0.4 is 11.5 Å². The van der Waals surface area contributed by atoms with Crippen molar-refractivity contribution in [2.75, 3.05) is 12.8 Å². The summed E-state index contributed by atoms with van der Waals surface area (Å²) in [5.41, 5.74) is 13.2. The Labute approximate surface area is 105 Å². The second-order valence-electron chi connectivity index (χ2n) is 3.75. The first-order valence-corrected chi connectivity index (χ1v) is 5.44. The van der Waals surface area contributed by atoms with Crippen molar-refractivity contribution in [3.05, 3.63) is 47.9 Å². The van der Waals surface area contributed by atoms with Gasteiger partial charge in [0.25, 0.3) is 0 Å². The van der Waals surface area contributed by atoms with Crippen molar-refractivity contribution >= 4 is 11.7 Å². The molecule has 2 aromatic rings. The third-order valence-electron chi connectivity index (χ3n) is 2.51. The molecule has 2 rings (SSSR count). The molecule has 0 fully saturated rings. The van der Waals surface area contributed by atoms with Crippen LogP contribution in [0, 0.1) is 0 Å². The maximum atomic E-state index is 5.97. The molecular weight excluding hydrogens is 230 g/mol. The fourth-order valence-corrected chi connectivity index (χ4v) is 1.64. The van der Waals surface area contributed by atoms with Crippen LogP contribution in [0.5, 0.6) is 0 Å². The zero-order valence-electron chi connectivity index (χ0n) is 10.1. The molecular formula is C12H15N5O. The Morgan fingerprint density at radius 3 is 2.78 bits per heavy atom. The number of nitrogens with two attached hydrogens (primary N) is 2. The van der Waals surface area contributed by atoms with E-state index in [1.54, 1.807) is 6.33 Å². The molecule has 0 saturated carbocycles. The summed E-state index contributed by atoms with van der Waals surface area (Å²) < 4.78 is 1.81. The van der Waals surface area contributed by atoms with Crippen molar-refractivity contribution in [3.8, 4) is 0 Å². The summed E-state index contributed by atoms with van der Waals surface area (Å²) in [5, 5.41) is 3.61. The SMILES string of the molecule is CO/N=C(/N)c1ncn(Cc2ccccc2)c1N. The highest BCUT2D eigenvalue weighted by Gasteiger charge is 2.11. The molecule has 0 bridgehead atoms. The van der Waals surface area contributed by atoms with E-state index in [4.69, 9.17) is 11.5 Å². The van der Waals surface area contributed by atoms with E-state index in [0.717, 1.165) is 5.56 Å². The Kier molecular flexibility index (Phi) is 3.47. The molecule has 6 nitrogen and oxygen atoms in total. The first kappa shape index (κ1) is 12.0. The Morgan fingerprint density at radius 2 is 2.11 bits per heavy atom. The van der Waals surface area contributed by atoms with Gasteiger partial charge in [0.15, 0.2) is 11.5 Å². The highest BCUT2D eigenvalue weighted by Crippen LogP contribution is 2.12. The number of hydrogen-bond donors (Lipinski definition) is 2. The van der Waals surface area contributed by atoms with Gasteiger partial charge < -0.3 is 20.9 Å². The molecule has 0 radical (unpaired) electrons. The monoisotopic (exact) mass is 245 g/mol. The first-order valence-electron chi connectivity index (χ1n) is 5.44. The van der Waals surface area contributed by atoms with Gasteiger partial charge in [-0.15, -0.1) is 0 Å². The third-order valence-corrected chi connectivity index (χ3v) is 2.51. The minimum absolute atomic E-state index is 0.168. The van der Waals surface area contributed by atoms with Gasteiger partial charge in [-0.2, -0.15) is 0 Å². The van der Waals surface area contributed by atoms with E-state index >= 15 is 0 Å². The average molecular weight is 245 g/mol. The number of nitrogens with zero attached hydrogens (tertiary/aromatic N) is 3. The van der Waals surface area contributed by atoms with Gasteiger partial charge in [0, 0.05) is 0 Å². The number of benzene rings is 1. The third kappa shape index (κ3) is 2.42. The highest BCUT2D eigenvalue weighted by molar-refractivity contribution is 5.99. The number of imidazole rings is 1. The van der Waals surface area contributed by atoms with Crippen LogP contribution in [0.2, 0.25) is 0 Å². The normalized spacial score (nSPS) is 11.5. The first-order chi connectivity index (χ1) is 8.72. The van der Waals surface area contributed by atoms with Crippen molar-refractivity contribution in [1.82, 2.24) is 9.55 Å². The van der Waals surface area contributed by atoms with E-state index in [1.807, 2.05) is 34.9 Å². The van der Waals surface area contributed by atoms with Crippen LogP contribution in [0.15, 0.2) is 41.8 Å². The Morgan fingerprint density at radius 1 is 1.39 bits per heavy atom.